The van der Waals surface area contributed by atoms with Crippen molar-refractivity contribution in [1.29, 1.82) is 0 Å². The molecule has 0 saturated carbocycles. The number of pyridine rings is 1. The number of nitrogens with zero attached hydrogens (tertiary/aromatic N) is 4. The highest BCUT2D eigenvalue weighted by Crippen LogP contribution is 2.34. The molecule has 148 valence electrons. The fourth-order valence-corrected chi connectivity index (χ4v) is 4.67. The number of aromatic nitrogens is 2. The van der Waals surface area contributed by atoms with Crippen molar-refractivity contribution >= 4 is 39.2 Å². The fraction of sp³-hybridized carbons (Fsp3) is 0.292. The summed E-state index contributed by atoms with van der Waals surface area (Å²) in [7, 11) is 4.33. The predicted octanol–water partition coefficient (Wildman–Crippen LogP) is 5.03. The van der Waals surface area contributed by atoms with E-state index in [0.717, 1.165) is 36.0 Å². The van der Waals surface area contributed by atoms with Crippen LogP contribution in [0.4, 0.5) is 5.82 Å². The van der Waals surface area contributed by atoms with E-state index in [-0.39, 0.29) is 0 Å². The number of hydrogen-bond donors (Lipinski definition) is 0. The van der Waals surface area contributed by atoms with Crippen molar-refractivity contribution < 1.29 is 0 Å². The van der Waals surface area contributed by atoms with E-state index in [9.17, 15) is 0 Å². The van der Waals surface area contributed by atoms with Crippen LogP contribution in [-0.2, 0) is 6.54 Å². The molecule has 0 radical (unpaired) electrons. The molecular formula is C24H25ClN4. The van der Waals surface area contributed by atoms with Gasteiger partial charge in [-0.3, -0.25) is 0 Å². The van der Waals surface area contributed by atoms with Gasteiger partial charge in [-0.25, -0.2) is 4.98 Å². The van der Waals surface area contributed by atoms with E-state index >= 15 is 0 Å². The molecule has 0 aliphatic carbocycles. The van der Waals surface area contributed by atoms with Crippen LogP contribution in [0.1, 0.15) is 12.0 Å². The second-order valence-corrected chi connectivity index (χ2v) is 8.58. The summed E-state index contributed by atoms with van der Waals surface area (Å²) in [6.45, 7) is 2.85. The summed E-state index contributed by atoms with van der Waals surface area (Å²) >= 11 is 6.22. The number of likely N-dealkylation sites (N-methyl/N-ethyl adjacent to an activating group) is 1. The van der Waals surface area contributed by atoms with E-state index in [0.29, 0.717) is 6.04 Å². The molecule has 0 N–H and O–H groups in total. The van der Waals surface area contributed by atoms with Crippen LogP contribution in [-0.4, -0.2) is 47.7 Å². The number of benzene rings is 2. The second-order valence-electron chi connectivity index (χ2n) is 8.14. The summed E-state index contributed by atoms with van der Waals surface area (Å²) in [6, 6.07) is 19.4. The molecule has 4 nitrogen and oxygen atoms in total. The molecule has 0 bridgehead atoms. The average Bonchev–Trinajstić information content (AvgIpc) is 3.36. The van der Waals surface area contributed by atoms with Gasteiger partial charge in [0.2, 0.25) is 0 Å². The number of fused-ring (bicyclic) bond motifs is 3. The number of hydrogen-bond acceptors (Lipinski definition) is 3. The lowest BCUT2D eigenvalue weighted by atomic mass is 10.1. The topological polar surface area (TPSA) is 24.3 Å². The maximum Gasteiger partial charge on any atom is 0.138 e. The third-order valence-corrected chi connectivity index (χ3v) is 6.26. The fourth-order valence-electron chi connectivity index (χ4n) is 4.46. The maximum absolute atomic E-state index is 6.22. The summed E-state index contributed by atoms with van der Waals surface area (Å²) in [4.78, 5) is 9.86. The molecule has 1 atom stereocenters. The highest BCUT2D eigenvalue weighted by Gasteiger charge is 2.27. The van der Waals surface area contributed by atoms with Crippen molar-refractivity contribution in [1.82, 2.24) is 14.5 Å². The highest BCUT2D eigenvalue weighted by atomic mass is 35.5. The quantitative estimate of drug-likeness (QED) is 0.476. The minimum Gasteiger partial charge on any atom is -0.354 e. The smallest absolute Gasteiger partial charge is 0.138 e. The van der Waals surface area contributed by atoms with Crippen molar-refractivity contribution in [3.05, 3.63) is 71.4 Å². The van der Waals surface area contributed by atoms with Crippen LogP contribution in [0.3, 0.4) is 0 Å². The molecule has 5 rings (SSSR count). The van der Waals surface area contributed by atoms with E-state index in [1.165, 1.54) is 28.3 Å². The van der Waals surface area contributed by atoms with Gasteiger partial charge in [0, 0.05) is 47.7 Å². The Hall–Kier alpha value is -2.56. The number of halogens is 1. The van der Waals surface area contributed by atoms with Gasteiger partial charge in [-0.15, -0.1) is 0 Å². The van der Waals surface area contributed by atoms with Crippen LogP contribution < -0.4 is 4.90 Å². The Kier molecular flexibility index (Phi) is 4.69. The zero-order chi connectivity index (χ0) is 20.0. The number of rotatable bonds is 4. The molecule has 1 unspecified atom stereocenters. The lowest BCUT2D eigenvalue weighted by Crippen LogP contribution is -2.31. The molecule has 1 fully saturated rings. The molecule has 2 aromatic heterocycles. The third kappa shape index (κ3) is 3.37. The number of anilines is 1. The summed E-state index contributed by atoms with van der Waals surface area (Å²) in [5.74, 6) is 1.10. The first-order chi connectivity index (χ1) is 14.1. The third-order valence-electron chi connectivity index (χ3n) is 6.03. The van der Waals surface area contributed by atoms with Gasteiger partial charge in [0.1, 0.15) is 5.82 Å². The van der Waals surface area contributed by atoms with Crippen molar-refractivity contribution in [2.45, 2.75) is 19.0 Å². The Morgan fingerprint density at radius 2 is 1.93 bits per heavy atom. The van der Waals surface area contributed by atoms with E-state index in [4.69, 9.17) is 16.6 Å². The zero-order valence-corrected chi connectivity index (χ0v) is 17.6. The van der Waals surface area contributed by atoms with Crippen LogP contribution in [0, 0.1) is 0 Å². The Balaban J connectivity index is 1.64. The number of para-hydroxylation sites is 1. The van der Waals surface area contributed by atoms with E-state index in [2.05, 4.69) is 71.1 Å². The van der Waals surface area contributed by atoms with Gasteiger partial charge in [0.15, 0.2) is 0 Å². The molecule has 29 heavy (non-hydrogen) atoms. The first-order valence-electron chi connectivity index (χ1n) is 10.1. The summed E-state index contributed by atoms with van der Waals surface area (Å²) in [5.41, 5.74) is 3.50. The second kappa shape index (κ2) is 7.36. The molecule has 1 aliphatic rings. The molecule has 1 aliphatic heterocycles. The largest absolute Gasteiger partial charge is 0.354 e. The standard InChI is InChI=1S/C24H25ClN4/c1-27(2)19-10-12-29(16-19)24-21-11-13-28(15-17-6-5-7-18(25)14-17)23(21)20-8-3-4-9-22(20)26-24/h3-9,11,13-14,19H,10,12,15-16H2,1-2H3. The lowest BCUT2D eigenvalue weighted by molar-refractivity contribution is 0.315. The Labute approximate surface area is 176 Å². The molecule has 5 heteroatoms. The molecule has 1 saturated heterocycles. The van der Waals surface area contributed by atoms with Crippen LogP contribution in [0.2, 0.25) is 5.02 Å². The van der Waals surface area contributed by atoms with Gasteiger partial charge in [-0.05, 0) is 50.3 Å². The first kappa shape index (κ1) is 18.5. The van der Waals surface area contributed by atoms with Crippen LogP contribution in [0.15, 0.2) is 60.8 Å². The van der Waals surface area contributed by atoms with Crippen molar-refractivity contribution in [2.24, 2.45) is 0 Å². The Morgan fingerprint density at radius 3 is 2.72 bits per heavy atom. The van der Waals surface area contributed by atoms with Crippen LogP contribution in [0.25, 0.3) is 21.8 Å². The Bertz CT molecular complexity index is 1180. The normalized spacial score (nSPS) is 17.1. The first-order valence-corrected chi connectivity index (χ1v) is 10.5. The maximum atomic E-state index is 6.22. The van der Waals surface area contributed by atoms with Gasteiger partial charge >= 0.3 is 0 Å². The summed E-state index contributed by atoms with van der Waals surface area (Å²) in [6.07, 6.45) is 3.36. The Morgan fingerprint density at radius 1 is 1.07 bits per heavy atom. The van der Waals surface area contributed by atoms with Crippen LogP contribution in [0.5, 0.6) is 0 Å². The molecule has 0 amide bonds. The highest BCUT2D eigenvalue weighted by molar-refractivity contribution is 6.30. The lowest BCUT2D eigenvalue weighted by Gasteiger charge is -2.22. The zero-order valence-electron chi connectivity index (χ0n) is 16.8. The van der Waals surface area contributed by atoms with E-state index in [1.807, 2.05) is 18.2 Å². The molecular weight excluding hydrogens is 380 g/mol. The van der Waals surface area contributed by atoms with Crippen LogP contribution >= 0.6 is 11.6 Å². The molecule has 4 aromatic rings. The van der Waals surface area contributed by atoms with Gasteiger partial charge in [0.05, 0.1) is 11.0 Å². The van der Waals surface area contributed by atoms with E-state index < -0.39 is 0 Å². The van der Waals surface area contributed by atoms with Gasteiger partial charge in [0.25, 0.3) is 0 Å². The molecule has 3 heterocycles. The van der Waals surface area contributed by atoms with Gasteiger partial charge in [-0.2, -0.15) is 0 Å². The SMILES string of the molecule is CN(C)C1CCN(c2nc3ccccc3c3c2ccn3Cc2cccc(Cl)c2)C1. The molecule has 2 aromatic carbocycles. The van der Waals surface area contributed by atoms with Gasteiger partial charge < -0.3 is 14.4 Å². The minimum absolute atomic E-state index is 0.576. The van der Waals surface area contributed by atoms with Crippen molar-refractivity contribution in [3.63, 3.8) is 0 Å². The molecule has 0 spiro atoms. The monoisotopic (exact) mass is 404 g/mol. The average molecular weight is 405 g/mol. The summed E-state index contributed by atoms with van der Waals surface area (Å²) in [5, 5.41) is 3.20. The van der Waals surface area contributed by atoms with Crippen molar-refractivity contribution in [3.8, 4) is 0 Å². The predicted molar refractivity (Wildman–Crippen MR) is 122 cm³/mol. The summed E-state index contributed by atoms with van der Waals surface area (Å²) < 4.78 is 2.33. The minimum atomic E-state index is 0.576. The van der Waals surface area contributed by atoms with E-state index in [1.54, 1.807) is 0 Å². The van der Waals surface area contributed by atoms with Gasteiger partial charge in [-0.1, -0.05) is 41.9 Å². The van der Waals surface area contributed by atoms with Crippen molar-refractivity contribution in [2.75, 3.05) is 32.1 Å².